The summed E-state index contributed by atoms with van der Waals surface area (Å²) in [5.41, 5.74) is 0. The smallest absolute Gasteiger partial charge is 0.390 e. The highest BCUT2D eigenvalue weighted by atomic mass is 32.3. The molecule has 2 heterocycles. The molecule has 28 heavy (non-hydrogen) atoms. The number of fused-ring (bicyclic) bond motifs is 2. The number of carbonyl (C=O) groups is 1. The molecule has 7 N–H and O–H groups in total. The first-order valence-electron chi connectivity index (χ1n) is 8.48. The minimum absolute atomic E-state index is 0.00220. The van der Waals surface area contributed by atoms with Crippen LogP contribution in [-0.2, 0) is 29.4 Å². The molecular weight excluding hydrogens is 404 g/mol. The predicted molar refractivity (Wildman–Crippen MR) is 90.5 cm³/mol. The van der Waals surface area contributed by atoms with E-state index >= 15 is 0 Å². The number of rotatable bonds is 2. The topological polar surface area (TPSA) is 204 Å². The number of aliphatic hydroxyl groups is 3. The molecule has 2 saturated heterocycles. The van der Waals surface area contributed by atoms with Crippen molar-refractivity contribution in [1.29, 1.82) is 0 Å². The molecule has 0 spiro atoms. The molecule has 0 aromatic heterocycles. The van der Waals surface area contributed by atoms with Crippen molar-refractivity contribution in [1.82, 2.24) is 10.6 Å². The van der Waals surface area contributed by atoms with Crippen molar-refractivity contribution in [2.75, 3.05) is 14.1 Å². The highest BCUT2D eigenvalue weighted by molar-refractivity contribution is 7.79. The molecule has 0 aromatic rings. The van der Waals surface area contributed by atoms with Crippen LogP contribution >= 0.6 is 0 Å². The van der Waals surface area contributed by atoms with Crippen LogP contribution in [0.5, 0.6) is 0 Å². The normalized spacial score (nSPS) is 46.1. The standard InChI is InChI=1S/C14H24N2O7.H2O4S/c1-5-4-6(17)14(20)13(21-5)22-12-10(19)7(15-2)9(18)8(16-3)11(12)23-14;1-5(2,3)4/h5,7-13,15-16,18-20H,4H2,1-3H3;(H2,1,2,3,4)/t5-,7+,8-,9+,10-,11+,12+,13+,14-;/m1./s1. The fourth-order valence-electron chi connectivity index (χ4n) is 3.68. The molecule has 2 aliphatic heterocycles. The molecule has 14 heteroatoms. The Hall–Kier alpha value is -0.780. The minimum Gasteiger partial charge on any atom is -0.390 e. The minimum atomic E-state index is -4.67. The van der Waals surface area contributed by atoms with Crippen LogP contribution in [0.1, 0.15) is 13.3 Å². The molecule has 3 rings (SSSR count). The third-order valence-corrected chi connectivity index (χ3v) is 4.93. The van der Waals surface area contributed by atoms with Gasteiger partial charge in [0.05, 0.1) is 24.3 Å². The summed E-state index contributed by atoms with van der Waals surface area (Å²) in [5.74, 6) is -2.76. The van der Waals surface area contributed by atoms with Gasteiger partial charge in [0.2, 0.25) is 6.29 Å². The van der Waals surface area contributed by atoms with Crippen molar-refractivity contribution in [3.05, 3.63) is 0 Å². The van der Waals surface area contributed by atoms with Gasteiger partial charge in [-0.3, -0.25) is 13.9 Å². The van der Waals surface area contributed by atoms with Crippen LogP contribution in [0.25, 0.3) is 0 Å². The molecule has 0 bridgehead atoms. The Morgan fingerprint density at radius 1 is 1.04 bits per heavy atom. The Morgan fingerprint density at radius 2 is 1.57 bits per heavy atom. The number of ketones is 1. The van der Waals surface area contributed by atoms with E-state index in [1.54, 1.807) is 21.0 Å². The van der Waals surface area contributed by atoms with Gasteiger partial charge < -0.3 is 40.2 Å². The maximum atomic E-state index is 12.2. The lowest BCUT2D eigenvalue weighted by atomic mass is 9.80. The van der Waals surface area contributed by atoms with E-state index in [4.69, 9.17) is 31.7 Å². The van der Waals surface area contributed by atoms with E-state index in [-0.39, 0.29) is 6.42 Å². The van der Waals surface area contributed by atoms with E-state index in [0.29, 0.717) is 0 Å². The van der Waals surface area contributed by atoms with Gasteiger partial charge in [0.25, 0.3) is 5.79 Å². The average Bonchev–Trinajstić information content (AvgIpc) is 2.55. The van der Waals surface area contributed by atoms with Crippen LogP contribution in [0.2, 0.25) is 0 Å². The van der Waals surface area contributed by atoms with E-state index in [0.717, 1.165) is 0 Å². The largest absolute Gasteiger partial charge is 0.394 e. The highest BCUT2D eigenvalue weighted by Gasteiger charge is 2.63. The molecular formula is C14H26N2O11S. The summed E-state index contributed by atoms with van der Waals surface area (Å²) in [6, 6.07) is -1.29. The molecule has 9 atom stereocenters. The maximum Gasteiger partial charge on any atom is 0.394 e. The molecule has 164 valence electrons. The molecule has 1 saturated carbocycles. The van der Waals surface area contributed by atoms with Crippen LogP contribution in [0.15, 0.2) is 0 Å². The number of hydrogen-bond donors (Lipinski definition) is 7. The molecule has 0 unspecified atom stereocenters. The Labute approximate surface area is 161 Å². The van der Waals surface area contributed by atoms with Gasteiger partial charge in [0, 0.05) is 6.42 Å². The van der Waals surface area contributed by atoms with Crippen LogP contribution < -0.4 is 10.6 Å². The summed E-state index contributed by atoms with van der Waals surface area (Å²) in [6.45, 7) is 1.70. The van der Waals surface area contributed by atoms with Crippen LogP contribution in [0.4, 0.5) is 0 Å². The lowest BCUT2D eigenvalue weighted by molar-refractivity contribution is -0.420. The number of ether oxygens (including phenoxy) is 3. The number of hydrogen-bond acceptors (Lipinski definition) is 11. The first kappa shape index (κ1) is 23.5. The second-order valence-corrected chi connectivity index (χ2v) is 7.74. The first-order valence-corrected chi connectivity index (χ1v) is 9.88. The van der Waals surface area contributed by atoms with Crippen LogP contribution in [0, 0.1) is 0 Å². The summed E-state index contributed by atoms with van der Waals surface area (Å²) in [6.07, 6.45) is -5.58. The number of likely N-dealkylation sites (N-methyl/N-ethyl adjacent to an activating group) is 2. The van der Waals surface area contributed by atoms with Gasteiger partial charge in [-0.2, -0.15) is 8.42 Å². The number of Topliss-reactive ketones (excluding diaryl/α,β-unsaturated/α-hetero) is 1. The number of carbonyl (C=O) groups excluding carboxylic acids is 1. The molecule has 0 amide bonds. The van der Waals surface area contributed by atoms with Crippen LogP contribution in [0.3, 0.4) is 0 Å². The fourth-order valence-corrected chi connectivity index (χ4v) is 3.68. The van der Waals surface area contributed by atoms with Gasteiger partial charge in [-0.1, -0.05) is 0 Å². The van der Waals surface area contributed by atoms with Crippen molar-refractivity contribution in [2.24, 2.45) is 0 Å². The summed E-state index contributed by atoms with van der Waals surface area (Å²) in [7, 11) is -1.43. The van der Waals surface area contributed by atoms with E-state index in [1.165, 1.54) is 0 Å². The highest BCUT2D eigenvalue weighted by Crippen LogP contribution is 2.40. The molecule has 3 fully saturated rings. The van der Waals surface area contributed by atoms with Crippen molar-refractivity contribution >= 4 is 16.2 Å². The van der Waals surface area contributed by atoms with E-state index in [9.17, 15) is 20.1 Å². The summed E-state index contributed by atoms with van der Waals surface area (Å²) >= 11 is 0. The van der Waals surface area contributed by atoms with Gasteiger partial charge in [-0.15, -0.1) is 0 Å². The zero-order valence-electron chi connectivity index (χ0n) is 15.4. The third kappa shape index (κ3) is 4.68. The van der Waals surface area contributed by atoms with Crippen molar-refractivity contribution in [3.8, 4) is 0 Å². The monoisotopic (exact) mass is 430 g/mol. The van der Waals surface area contributed by atoms with Gasteiger partial charge >= 0.3 is 10.4 Å². The average molecular weight is 430 g/mol. The van der Waals surface area contributed by atoms with Gasteiger partial charge in [0.1, 0.15) is 18.3 Å². The van der Waals surface area contributed by atoms with Gasteiger partial charge in [-0.05, 0) is 21.0 Å². The summed E-state index contributed by atoms with van der Waals surface area (Å²) in [5, 5.41) is 37.2. The van der Waals surface area contributed by atoms with E-state index < -0.39 is 70.9 Å². The quantitative estimate of drug-likeness (QED) is 0.212. The molecule has 3 aliphatic rings. The summed E-state index contributed by atoms with van der Waals surface area (Å²) in [4.78, 5) is 12.2. The number of aliphatic hydroxyl groups excluding tert-OH is 2. The molecule has 0 radical (unpaired) electrons. The third-order valence-electron chi connectivity index (χ3n) is 4.93. The second kappa shape index (κ2) is 8.53. The Morgan fingerprint density at radius 3 is 2.07 bits per heavy atom. The molecule has 1 aliphatic carbocycles. The lowest BCUT2D eigenvalue weighted by Gasteiger charge is -2.55. The zero-order valence-corrected chi connectivity index (χ0v) is 16.2. The molecule has 0 aromatic carbocycles. The molecule has 13 nitrogen and oxygen atoms in total. The Kier molecular flexibility index (Phi) is 7.16. The lowest BCUT2D eigenvalue weighted by Crippen LogP contribution is -2.77. The van der Waals surface area contributed by atoms with Gasteiger partial charge in [0.15, 0.2) is 5.78 Å². The zero-order chi connectivity index (χ0) is 21.4. The van der Waals surface area contributed by atoms with Crippen molar-refractivity contribution in [2.45, 2.75) is 68.0 Å². The van der Waals surface area contributed by atoms with E-state index in [1.807, 2.05) is 0 Å². The van der Waals surface area contributed by atoms with Crippen molar-refractivity contribution in [3.63, 3.8) is 0 Å². The maximum absolute atomic E-state index is 12.2. The second-order valence-electron chi connectivity index (χ2n) is 6.84. The number of nitrogens with one attached hydrogen (secondary N) is 2. The SMILES string of the molecule is CN[C@@H]1[C@@H](O)[C@@H]2O[C@@H]3O[C@H](C)CC(=O)[C@@]3(O)O[C@H]2[C@H](NC)[C@H]1O.O=S(=O)(O)O. The fraction of sp³-hybridized carbons (Fsp3) is 0.929. The Balaban J connectivity index is 0.000000500. The van der Waals surface area contributed by atoms with Crippen LogP contribution in [-0.4, -0.2) is 107 Å². The van der Waals surface area contributed by atoms with Crippen molar-refractivity contribution < 1.29 is 51.8 Å². The van der Waals surface area contributed by atoms with E-state index in [2.05, 4.69) is 10.6 Å². The summed E-state index contributed by atoms with van der Waals surface area (Å²) < 4.78 is 48.4. The van der Waals surface area contributed by atoms with Gasteiger partial charge in [-0.25, -0.2) is 0 Å². The first-order chi connectivity index (χ1) is 12.8. The Bertz CT molecular complexity index is 668. The predicted octanol–water partition coefficient (Wildman–Crippen LogP) is -3.58.